The Morgan fingerprint density at radius 2 is 2.18 bits per heavy atom. The number of hydrogen-bond donors (Lipinski definition) is 2. The van der Waals surface area contributed by atoms with Crippen LogP contribution in [0.1, 0.15) is 37.3 Å². The lowest BCUT2D eigenvalue weighted by Crippen LogP contribution is -2.35. The van der Waals surface area contributed by atoms with Crippen LogP contribution in [-0.4, -0.2) is 23.8 Å². The van der Waals surface area contributed by atoms with Gasteiger partial charge < -0.3 is 10.4 Å². The molecule has 2 unspecified atom stereocenters. The summed E-state index contributed by atoms with van der Waals surface area (Å²) in [6.45, 7) is 3.01. The summed E-state index contributed by atoms with van der Waals surface area (Å²) in [5, 5.41) is 13.0. The maximum atomic E-state index is 9.41. The van der Waals surface area contributed by atoms with Crippen molar-refractivity contribution in [3.8, 4) is 0 Å². The Bertz CT molecular complexity index is 343. The van der Waals surface area contributed by atoms with Gasteiger partial charge in [-0.3, -0.25) is 0 Å². The van der Waals surface area contributed by atoms with E-state index >= 15 is 0 Å². The fourth-order valence-corrected chi connectivity index (χ4v) is 2.61. The Labute approximate surface area is 104 Å². The molecule has 1 aromatic carbocycles. The van der Waals surface area contributed by atoms with E-state index in [4.69, 9.17) is 0 Å². The van der Waals surface area contributed by atoms with Gasteiger partial charge in [-0.25, -0.2) is 0 Å². The highest BCUT2D eigenvalue weighted by Crippen LogP contribution is 2.14. The van der Waals surface area contributed by atoms with Crippen LogP contribution < -0.4 is 5.32 Å². The molecule has 2 nitrogen and oxygen atoms in total. The zero-order chi connectivity index (χ0) is 12.1. The summed E-state index contributed by atoms with van der Waals surface area (Å²) in [4.78, 5) is 0. The Morgan fingerprint density at radius 1 is 1.35 bits per heavy atom. The lowest BCUT2D eigenvalue weighted by atomic mass is 9.96. The number of piperidine rings is 1. The summed E-state index contributed by atoms with van der Waals surface area (Å²) in [7, 11) is 0. The van der Waals surface area contributed by atoms with E-state index in [0.717, 1.165) is 19.4 Å². The highest BCUT2D eigenvalue weighted by atomic mass is 16.3. The Balaban J connectivity index is 1.95. The minimum Gasteiger partial charge on any atom is -0.393 e. The van der Waals surface area contributed by atoms with E-state index in [0.29, 0.717) is 6.04 Å². The van der Waals surface area contributed by atoms with Crippen molar-refractivity contribution in [2.24, 2.45) is 0 Å². The van der Waals surface area contributed by atoms with Crippen LogP contribution in [0.25, 0.3) is 0 Å². The van der Waals surface area contributed by atoms with E-state index in [-0.39, 0.29) is 6.10 Å². The van der Waals surface area contributed by atoms with Gasteiger partial charge in [0.2, 0.25) is 0 Å². The molecule has 2 atom stereocenters. The minimum absolute atomic E-state index is 0.252. The monoisotopic (exact) mass is 233 g/mol. The van der Waals surface area contributed by atoms with Crippen LogP contribution in [0.3, 0.4) is 0 Å². The molecule has 0 spiro atoms. The first-order valence-corrected chi connectivity index (χ1v) is 6.73. The third kappa shape index (κ3) is 4.14. The Morgan fingerprint density at radius 3 is 2.88 bits per heavy atom. The van der Waals surface area contributed by atoms with Gasteiger partial charge in [0.05, 0.1) is 6.10 Å². The van der Waals surface area contributed by atoms with Crippen LogP contribution >= 0.6 is 0 Å². The minimum atomic E-state index is -0.252. The van der Waals surface area contributed by atoms with Crippen LogP contribution in [0.5, 0.6) is 0 Å². The molecule has 0 saturated carbocycles. The topological polar surface area (TPSA) is 32.3 Å². The van der Waals surface area contributed by atoms with E-state index in [1.807, 2.05) is 6.92 Å². The van der Waals surface area contributed by atoms with Crippen molar-refractivity contribution in [3.63, 3.8) is 0 Å². The molecule has 0 bridgehead atoms. The molecule has 1 aromatic rings. The molecular weight excluding hydrogens is 210 g/mol. The van der Waals surface area contributed by atoms with Crippen molar-refractivity contribution in [3.05, 3.63) is 35.4 Å². The maximum absolute atomic E-state index is 9.41. The molecule has 1 fully saturated rings. The highest BCUT2D eigenvalue weighted by molar-refractivity contribution is 5.24. The normalized spacial score (nSPS) is 22.4. The van der Waals surface area contributed by atoms with Crippen LogP contribution in [-0.2, 0) is 12.8 Å². The third-order valence-corrected chi connectivity index (χ3v) is 3.42. The molecule has 17 heavy (non-hydrogen) atoms. The number of rotatable bonds is 4. The molecule has 2 rings (SSSR count). The molecule has 2 heteroatoms. The highest BCUT2D eigenvalue weighted by Gasteiger charge is 2.13. The Kier molecular flexibility index (Phi) is 4.57. The molecule has 0 amide bonds. The molecule has 1 heterocycles. The largest absolute Gasteiger partial charge is 0.393 e. The van der Waals surface area contributed by atoms with Gasteiger partial charge in [0.1, 0.15) is 0 Å². The SMILES string of the molecule is CC(O)Cc1cccc(CC2CCCCN2)c1. The fraction of sp³-hybridized carbons (Fsp3) is 0.600. The van der Waals surface area contributed by atoms with Gasteiger partial charge in [0.25, 0.3) is 0 Å². The first-order chi connectivity index (χ1) is 8.24. The lowest BCUT2D eigenvalue weighted by Gasteiger charge is -2.23. The van der Waals surface area contributed by atoms with Crippen molar-refractivity contribution in [1.82, 2.24) is 5.32 Å². The van der Waals surface area contributed by atoms with Crippen molar-refractivity contribution >= 4 is 0 Å². The third-order valence-electron chi connectivity index (χ3n) is 3.42. The molecule has 94 valence electrons. The summed E-state index contributed by atoms with van der Waals surface area (Å²) in [6, 6.07) is 9.29. The first-order valence-electron chi connectivity index (χ1n) is 6.73. The summed E-state index contributed by atoms with van der Waals surface area (Å²) in [5.41, 5.74) is 2.64. The van der Waals surface area contributed by atoms with Crippen molar-refractivity contribution in [2.45, 2.75) is 51.2 Å². The quantitative estimate of drug-likeness (QED) is 0.836. The zero-order valence-corrected chi connectivity index (χ0v) is 10.7. The second kappa shape index (κ2) is 6.18. The molecule has 0 aromatic heterocycles. The van der Waals surface area contributed by atoms with E-state index in [9.17, 15) is 5.11 Å². The number of aliphatic hydroxyl groups excluding tert-OH is 1. The predicted molar refractivity (Wildman–Crippen MR) is 71.2 cm³/mol. The van der Waals surface area contributed by atoms with Crippen LogP contribution in [0.15, 0.2) is 24.3 Å². The van der Waals surface area contributed by atoms with Gasteiger partial charge in [-0.15, -0.1) is 0 Å². The average Bonchev–Trinajstić information content (AvgIpc) is 2.30. The average molecular weight is 233 g/mol. The Hall–Kier alpha value is -0.860. The number of benzene rings is 1. The van der Waals surface area contributed by atoms with Gasteiger partial charge in [-0.05, 0) is 50.3 Å². The van der Waals surface area contributed by atoms with Crippen LogP contribution in [0.4, 0.5) is 0 Å². The summed E-state index contributed by atoms with van der Waals surface area (Å²) in [5.74, 6) is 0. The van der Waals surface area contributed by atoms with Gasteiger partial charge in [-0.2, -0.15) is 0 Å². The molecule has 1 aliphatic heterocycles. The van der Waals surface area contributed by atoms with Gasteiger partial charge in [-0.1, -0.05) is 30.7 Å². The lowest BCUT2D eigenvalue weighted by molar-refractivity contribution is 0.195. The summed E-state index contributed by atoms with van der Waals surface area (Å²) < 4.78 is 0. The molecule has 0 radical (unpaired) electrons. The zero-order valence-electron chi connectivity index (χ0n) is 10.7. The first kappa shape index (κ1) is 12.6. The second-order valence-electron chi connectivity index (χ2n) is 5.22. The van der Waals surface area contributed by atoms with Gasteiger partial charge in [0.15, 0.2) is 0 Å². The van der Waals surface area contributed by atoms with Crippen LogP contribution in [0.2, 0.25) is 0 Å². The van der Waals surface area contributed by atoms with Crippen molar-refractivity contribution < 1.29 is 5.11 Å². The maximum Gasteiger partial charge on any atom is 0.0552 e. The summed E-state index contributed by atoms with van der Waals surface area (Å²) in [6.07, 6.45) is 5.59. The van der Waals surface area contributed by atoms with E-state index in [1.54, 1.807) is 0 Å². The molecule has 1 saturated heterocycles. The van der Waals surface area contributed by atoms with E-state index in [1.165, 1.54) is 30.4 Å². The standard InChI is InChI=1S/C15H23NO/c1-12(17)9-13-5-4-6-14(10-13)11-15-7-2-3-8-16-15/h4-6,10,12,15-17H,2-3,7-9,11H2,1H3. The molecular formula is C15H23NO. The number of nitrogens with one attached hydrogen (secondary N) is 1. The van der Waals surface area contributed by atoms with Crippen molar-refractivity contribution in [1.29, 1.82) is 0 Å². The van der Waals surface area contributed by atoms with Gasteiger partial charge in [0, 0.05) is 6.04 Å². The predicted octanol–water partition coefficient (Wildman–Crippen LogP) is 2.29. The molecule has 1 aliphatic rings. The summed E-state index contributed by atoms with van der Waals surface area (Å²) >= 11 is 0. The second-order valence-corrected chi connectivity index (χ2v) is 5.22. The van der Waals surface area contributed by atoms with Crippen LogP contribution in [0, 0.1) is 0 Å². The number of aliphatic hydroxyl groups is 1. The number of hydrogen-bond acceptors (Lipinski definition) is 2. The molecule has 2 N–H and O–H groups in total. The molecule has 0 aliphatic carbocycles. The van der Waals surface area contributed by atoms with E-state index in [2.05, 4.69) is 29.6 Å². The fourth-order valence-electron chi connectivity index (χ4n) is 2.61. The van der Waals surface area contributed by atoms with Crippen molar-refractivity contribution in [2.75, 3.05) is 6.54 Å². The van der Waals surface area contributed by atoms with Gasteiger partial charge >= 0.3 is 0 Å². The smallest absolute Gasteiger partial charge is 0.0552 e. The van der Waals surface area contributed by atoms with E-state index < -0.39 is 0 Å².